The molecule has 19 heavy (non-hydrogen) atoms. The van der Waals surface area contributed by atoms with Crippen LogP contribution in [-0.4, -0.2) is 17.2 Å². The highest BCUT2D eigenvalue weighted by molar-refractivity contribution is 5.12. The topological polar surface area (TPSA) is 24.9 Å². The molecule has 0 amide bonds. The molecular weight excluding hydrogens is 253 g/mol. The molecule has 1 aliphatic carbocycles. The number of aromatic nitrogens is 1. The molecule has 1 N–H and O–H groups in total. The highest BCUT2D eigenvalue weighted by Gasteiger charge is 2.41. The lowest BCUT2D eigenvalue weighted by Crippen LogP contribution is -2.36. The van der Waals surface area contributed by atoms with E-state index in [0.717, 1.165) is 11.3 Å². The zero-order valence-electron chi connectivity index (χ0n) is 11.0. The molecule has 1 fully saturated rings. The minimum absolute atomic E-state index is 0.182. The Bertz CT molecular complexity index is 392. The molecule has 0 aromatic carbocycles. The van der Waals surface area contributed by atoms with Crippen molar-refractivity contribution in [3.63, 3.8) is 0 Å². The fourth-order valence-electron chi connectivity index (χ4n) is 2.48. The van der Waals surface area contributed by atoms with Gasteiger partial charge in [0.25, 0.3) is 0 Å². The van der Waals surface area contributed by atoms with Gasteiger partial charge in [0.05, 0.1) is 11.6 Å². The SMILES string of the molecule is Cc1ccc(CNC2CCC(C(F)(F)F)CC2)nc1. The summed E-state index contributed by atoms with van der Waals surface area (Å²) in [4.78, 5) is 4.27. The van der Waals surface area contributed by atoms with Crippen molar-refractivity contribution in [3.05, 3.63) is 29.6 Å². The van der Waals surface area contributed by atoms with Crippen molar-refractivity contribution in [3.8, 4) is 0 Å². The normalized spacial score (nSPS) is 24.4. The maximum absolute atomic E-state index is 12.5. The molecule has 2 nitrogen and oxygen atoms in total. The quantitative estimate of drug-likeness (QED) is 0.909. The van der Waals surface area contributed by atoms with E-state index >= 15 is 0 Å². The number of hydrogen-bond donors (Lipinski definition) is 1. The molecule has 0 unspecified atom stereocenters. The van der Waals surface area contributed by atoms with E-state index in [1.165, 1.54) is 0 Å². The third-order valence-electron chi connectivity index (χ3n) is 3.73. The highest BCUT2D eigenvalue weighted by Crippen LogP contribution is 2.37. The fourth-order valence-corrected chi connectivity index (χ4v) is 2.48. The van der Waals surface area contributed by atoms with Gasteiger partial charge in [0, 0.05) is 18.8 Å². The molecule has 1 aromatic rings. The van der Waals surface area contributed by atoms with Crippen molar-refractivity contribution in [1.29, 1.82) is 0 Å². The number of alkyl halides is 3. The Morgan fingerprint density at radius 1 is 1.21 bits per heavy atom. The summed E-state index contributed by atoms with van der Waals surface area (Å²) >= 11 is 0. The van der Waals surface area contributed by atoms with E-state index in [4.69, 9.17) is 0 Å². The lowest BCUT2D eigenvalue weighted by Gasteiger charge is -2.30. The molecule has 1 aliphatic rings. The maximum atomic E-state index is 12.5. The average Bonchev–Trinajstić information content (AvgIpc) is 2.37. The molecule has 2 rings (SSSR count). The number of aryl methyl sites for hydroxylation is 1. The van der Waals surface area contributed by atoms with E-state index < -0.39 is 12.1 Å². The number of hydrogen-bond acceptors (Lipinski definition) is 2. The van der Waals surface area contributed by atoms with E-state index in [0.29, 0.717) is 19.4 Å². The number of nitrogens with one attached hydrogen (secondary N) is 1. The van der Waals surface area contributed by atoms with Crippen molar-refractivity contribution in [2.45, 2.75) is 51.4 Å². The third kappa shape index (κ3) is 4.20. The van der Waals surface area contributed by atoms with Crippen LogP contribution in [0.25, 0.3) is 0 Å². The van der Waals surface area contributed by atoms with E-state index in [-0.39, 0.29) is 18.9 Å². The Kier molecular flexibility index (Phi) is 4.45. The largest absolute Gasteiger partial charge is 0.391 e. The van der Waals surface area contributed by atoms with Gasteiger partial charge in [-0.3, -0.25) is 4.98 Å². The van der Waals surface area contributed by atoms with Crippen molar-refractivity contribution in [1.82, 2.24) is 10.3 Å². The zero-order valence-corrected chi connectivity index (χ0v) is 11.0. The minimum Gasteiger partial charge on any atom is -0.308 e. The van der Waals surface area contributed by atoms with Crippen molar-refractivity contribution in [2.75, 3.05) is 0 Å². The van der Waals surface area contributed by atoms with Gasteiger partial charge in [0.15, 0.2) is 0 Å². The first kappa shape index (κ1) is 14.3. The van der Waals surface area contributed by atoms with Gasteiger partial charge in [0.1, 0.15) is 0 Å². The number of pyridine rings is 1. The number of halogens is 3. The molecule has 0 saturated heterocycles. The van der Waals surface area contributed by atoms with Crippen molar-refractivity contribution < 1.29 is 13.2 Å². The molecule has 1 heterocycles. The zero-order chi connectivity index (χ0) is 13.9. The van der Waals surface area contributed by atoms with Crippen LogP contribution in [0.3, 0.4) is 0 Å². The summed E-state index contributed by atoms with van der Waals surface area (Å²) < 4.78 is 37.6. The van der Waals surface area contributed by atoms with Gasteiger partial charge in [-0.2, -0.15) is 13.2 Å². The molecule has 1 saturated carbocycles. The van der Waals surface area contributed by atoms with Crippen LogP contribution < -0.4 is 5.32 Å². The molecule has 0 bridgehead atoms. The first-order chi connectivity index (χ1) is 8.95. The summed E-state index contributed by atoms with van der Waals surface area (Å²) in [5, 5.41) is 3.30. The Morgan fingerprint density at radius 3 is 2.42 bits per heavy atom. The molecule has 0 atom stereocenters. The van der Waals surface area contributed by atoms with E-state index in [1.807, 2.05) is 19.1 Å². The van der Waals surface area contributed by atoms with Crippen LogP contribution in [0.4, 0.5) is 13.2 Å². The summed E-state index contributed by atoms with van der Waals surface area (Å²) in [5.41, 5.74) is 2.04. The second-order valence-corrected chi connectivity index (χ2v) is 5.30. The van der Waals surface area contributed by atoms with Crippen LogP contribution in [0.5, 0.6) is 0 Å². The van der Waals surface area contributed by atoms with Crippen molar-refractivity contribution >= 4 is 0 Å². The highest BCUT2D eigenvalue weighted by atomic mass is 19.4. The number of rotatable bonds is 3. The average molecular weight is 272 g/mol. The first-order valence-electron chi connectivity index (χ1n) is 6.67. The Hall–Kier alpha value is -1.10. The molecule has 5 heteroatoms. The second-order valence-electron chi connectivity index (χ2n) is 5.30. The lowest BCUT2D eigenvalue weighted by atomic mass is 9.85. The fraction of sp³-hybridized carbons (Fsp3) is 0.643. The molecule has 0 aliphatic heterocycles. The van der Waals surface area contributed by atoms with Crippen LogP contribution in [0, 0.1) is 12.8 Å². The predicted molar refractivity (Wildman–Crippen MR) is 67.6 cm³/mol. The van der Waals surface area contributed by atoms with Crippen molar-refractivity contribution in [2.24, 2.45) is 5.92 Å². The van der Waals surface area contributed by atoms with E-state index in [1.54, 1.807) is 6.20 Å². The van der Waals surface area contributed by atoms with Gasteiger partial charge in [-0.05, 0) is 44.2 Å². The van der Waals surface area contributed by atoms with Crippen LogP contribution in [0.2, 0.25) is 0 Å². The van der Waals surface area contributed by atoms with Gasteiger partial charge in [0.2, 0.25) is 0 Å². The summed E-state index contributed by atoms with van der Waals surface area (Å²) in [6.45, 7) is 2.60. The Balaban J connectivity index is 1.75. The second kappa shape index (κ2) is 5.90. The summed E-state index contributed by atoms with van der Waals surface area (Å²) in [6.07, 6.45) is -0.557. The van der Waals surface area contributed by atoms with Gasteiger partial charge >= 0.3 is 6.18 Å². The van der Waals surface area contributed by atoms with E-state index in [2.05, 4.69) is 10.3 Å². The standard InChI is InChI=1S/C14H19F3N2/c1-10-2-5-13(18-8-10)9-19-12-6-3-11(4-7-12)14(15,16)17/h2,5,8,11-12,19H,3-4,6-7,9H2,1H3. The smallest absolute Gasteiger partial charge is 0.308 e. The maximum Gasteiger partial charge on any atom is 0.391 e. The molecular formula is C14H19F3N2. The Morgan fingerprint density at radius 2 is 1.89 bits per heavy atom. The number of nitrogens with zero attached hydrogens (tertiary/aromatic N) is 1. The monoisotopic (exact) mass is 272 g/mol. The van der Waals surface area contributed by atoms with Gasteiger partial charge in [-0.25, -0.2) is 0 Å². The molecule has 0 radical (unpaired) electrons. The lowest BCUT2D eigenvalue weighted by molar-refractivity contribution is -0.182. The van der Waals surface area contributed by atoms with Gasteiger partial charge in [-0.1, -0.05) is 6.07 Å². The molecule has 106 valence electrons. The summed E-state index contributed by atoms with van der Waals surface area (Å²) in [7, 11) is 0. The minimum atomic E-state index is -4.02. The van der Waals surface area contributed by atoms with Gasteiger partial charge in [-0.15, -0.1) is 0 Å². The first-order valence-corrected chi connectivity index (χ1v) is 6.67. The Labute approximate surface area is 111 Å². The third-order valence-corrected chi connectivity index (χ3v) is 3.73. The molecule has 0 spiro atoms. The summed E-state index contributed by atoms with van der Waals surface area (Å²) in [6, 6.07) is 4.12. The summed E-state index contributed by atoms with van der Waals surface area (Å²) in [5.74, 6) is -1.11. The van der Waals surface area contributed by atoms with Crippen LogP contribution >= 0.6 is 0 Å². The van der Waals surface area contributed by atoms with Gasteiger partial charge < -0.3 is 5.32 Å². The van der Waals surface area contributed by atoms with E-state index in [9.17, 15) is 13.2 Å². The van der Waals surface area contributed by atoms with Crippen LogP contribution in [-0.2, 0) is 6.54 Å². The van der Waals surface area contributed by atoms with Crippen LogP contribution in [0.15, 0.2) is 18.3 Å². The molecule has 1 aromatic heterocycles. The van der Waals surface area contributed by atoms with Crippen LogP contribution in [0.1, 0.15) is 36.9 Å². The predicted octanol–water partition coefficient (Wildman–Crippen LogP) is 3.60.